The second-order valence-electron chi connectivity index (χ2n) is 8.27. The molecule has 1 aromatic carbocycles. The Balaban J connectivity index is 1.41. The second-order valence-corrected chi connectivity index (χ2v) is 8.27. The standard InChI is InChI=1S/C22H28FN3O3/c1-22(21-24-14-18(29-21)13-17-5-2-3-6-19(17)23)7-4-8-26(16-22)20(27)15-25-9-11-28-12-10-25/h2-3,5-6,14H,4,7-13,15-16H2,1H3/t22-/m1/s1. The summed E-state index contributed by atoms with van der Waals surface area (Å²) in [4.78, 5) is 21.4. The summed E-state index contributed by atoms with van der Waals surface area (Å²) in [6, 6.07) is 6.70. The van der Waals surface area contributed by atoms with Crippen LogP contribution in [0.4, 0.5) is 4.39 Å². The molecule has 6 nitrogen and oxygen atoms in total. The maximum atomic E-state index is 13.9. The number of carbonyl (C=O) groups is 1. The summed E-state index contributed by atoms with van der Waals surface area (Å²) in [5.74, 6) is 1.18. The lowest BCUT2D eigenvalue weighted by Crippen LogP contribution is -2.51. The van der Waals surface area contributed by atoms with Gasteiger partial charge in [0.15, 0.2) is 0 Å². The van der Waals surface area contributed by atoms with Gasteiger partial charge in [0.1, 0.15) is 11.6 Å². The van der Waals surface area contributed by atoms with Crippen LogP contribution in [-0.2, 0) is 21.4 Å². The molecule has 0 spiro atoms. The van der Waals surface area contributed by atoms with Crippen LogP contribution in [0.5, 0.6) is 0 Å². The zero-order valence-corrected chi connectivity index (χ0v) is 16.9. The first kappa shape index (κ1) is 20.0. The maximum absolute atomic E-state index is 13.9. The van der Waals surface area contributed by atoms with Crippen molar-refractivity contribution in [2.24, 2.45) is 0 Å². The van der Waals surface area contributed by atoms with Gasteiger partial charge in [0, 0.05) is 32.6 Å². The first-order valence-electron chi connectivity index (χ1n) is 10.3. The number of hydrogen-bond donors (Lipinski definition) is 0. The highest BCUT2D eigenvalue weighted by atomic mass is 19.1. The molecule has 4 rings (SSSR count). The molecule has 156 valence electrons. The van der Waals surface area contributed by atoms with Crippen LogP contribution in [-0.4, -0.2) is 66.6 Å². The highest BCUT2D eigenvalue weighted by molar-refractivity contribution is 5.78. The number of oxazole rings is 1. The number of morpholine rings is 1. The molecule has 0 aliphatic carbocycles. The minimum atomic E-state index is -0.327. The summed E-state index contributed by atoms with van der Waals surface area (Å²) in [5, 5.41) is 0. The monoisotopic (exact) mass is 401 g/mol. The number of piperidine rings is 1. The topological polar surface area (TPSA) is 58.8 Å². The van der Waals surface area contributed by atoms with E-state index in [-0.39, 0.29) is 17.1 Å². The van der Waals surface area contributed by atoms with Crippen LogP contribution in [0.2, 0.25) is 0 Å². The Morgan fingerprint density at radius 2 is 2.03 bits per heavy atom. The first-order valence-corrected chi connectivity index (χ1v) is 10.3. The summed E-state index contributed by atoms with van der Waals surface area (Å²) < 4.78 is 25.3. The van der Waals surface area contributed by atoms with Crippen LogP contribution in [0.1, 0.15) is 37.0 Å². The number of ether oxygens (including phenoxy) is 1. The van der Waals surface area contributed by atoms with E-state index in [1.165, 1.54) is 6.07 Å². The quantitative estimate of drug-likeness (QED) is 0.771. The lowest BCUT2D eigenvalue weighted by atomic mass is 9.81. The van der Waals surface area contributed by atoms with Crippen molar-refractivity contribution < 1.29 is 18.3 Å². The summed E-state index contributed by atoms with van der Waals surface area (Å²) in [5.41, 5.74) is 0.262. The van der Waals surface area contributed by atoms with Crippen molar-refractivity contribution in [1.82, 2.24) is 14.8 Å². The molecule has 1 atom stereocenters. The fraction of sp³-hybridized carbons (Fsp3) is 0.545. The predicted molar refractivity (Wildman–Crippen MR) is 106 cm³/mol. The molecule has 2 aliphatic rings. The van der Waals surface area contributed by atoms with Gasteiger partial charge in [-0.15, -0.1) is 0 Å². The molecule has 0 unspecified atom stereocenters. The van der Waals surface area contributed by atoms with Gasteiger partial charge >= 0.3 is 0 Å². The van der Waals surface area contributed by atoms with Gasteiger partial charge in [-0.2, -0.15) is 0 Å². The molecule has 2 aromatic rings. The molecule has 2 saturated heterocycles. The van der Waals surface area contributed by atoms with Crippen LogP contribution in [0, 0.1) is 5.82 Å². The number of aromatic nitrogens is 1. The van der Waals surface area contributed by atoms with Crippen LogP contribution < -0.4 is 0 Å². The zero-order chi connectivity index (χ0) is 20.3. The number of halogens is 1. The Bertz CT molecular complexity index is 849. The van der Waals surface area contributed by atoms with Crippen LogP contribution in [0.15, 0.2) is 34.9 Å². The Kier molecular flexibility index (Phi) is 5.96. The van der Waals surface area contributed by atoms with E-state index in [0.717, 1.165) is 32.5 Å². The predicted octanol–water partition coefficient (Wildman–Crippen LogP) is 2.62. The van der Waals surface area contributed by atoms with E-state index < -0.39 is 0 Å². The van der Waals surface area contributed by atoms with Crippen LogP contribution in [0.25, 0.3) is 0 Å². The number of hydrogen-bond acceptors (Lipinski definition) is 5. The molecule has 29 heavy (non-hydrogen) atoms. The smallest absolute Gasteiger partial charge is 0.236 e. The third-order valence-electron chi connectivity index (χ3n) is 5.90. The van der Waals surface area contributed by atoms with Gasteiger partial charge in [-0.1, -0.05) is 18.2 Å². The summed E-state index contributed by atoms with van der Waals surface area (Å²) in [6.07, 6.45) is 3.88. The summed E-state index contributed by atoms with van der Waals surface area (Å²) in [7, 11) is 0. The van der Waals surface area contributed by atoms with Crippen LogP contribution >= 0.6 is 0 Å². The lowest BCUT2D eigenvalue weighted by molar-refractivity contribution is -0.135. The molecule has 1 amide bonds. The highest BCUT2D eigenvalue weighted by Gasteiger charge is 2.38. The minimum absolute atomic E-state index is 0.149. The van der Waals surface area contributed by atoms with Crippen molar-refractivity contribution in [1.29, 1.82) is 0 Å². The molecule has 0 radical (unpaired) electrons. The maximum Gasteiger partial charge on any atom is 0.236 e. The molecule has 2 aliphatic heterocycles. The number of likely N-dealkylation sites (tertiary alicyclic amines) is 1. The van der Waals surface area contributed by atoms with E-state index in [2.05, 4.69) is 16.8 Å². The van der Waals surface area contributed by atoms with Gasteiger partial charge in [0.2, 0.25) is 11.8 Å². The van der Waals surface area contributed by atoms with E-state index in [4.69, 9.17) is 9.15 Å². The Hall–Kier alpha value is -2.25. The molecule has 3 heterocycles. The molecular formula is C22H28FN3O3. The van der Waals surface area contributed by atoms with Gasteiger partial charge in [0.05, 0.1) is 31.4 Å². The lowest BCUT2D eigenvalue weighted by Gasteiger charge is -2.39. The Labute approximate surface area is 170 Å². The Morgan fingerprint density at radius 1 is 1.24 bits per heavy atom. The van der Waals surface area contributed by atoms with E-state index >= 15 is 0 Å². The largest absolute Gasteiger partial charge is 0.445 e. The van der Waals surface area contributed by atoms with Crippen LogP contribution in [0.3, 0.4) is 0 Å². The molecule has 7 heteroatoms. The van der Waals surface area contributed by atoms with Gasteiger partial charge in [-0.25, -0.2) is 9.37 Å². The third-order valence-corrected chi connectivity index (χ3v) is 5.90. The van der Waals surface area contributed by atoms with Crippen molar-refractivity contribution in [2.45, 2.75) is 31.6 Å². The van der Waals surface area contributed by atoms with Gasteiger partial charge in [-0.05, 0) is 31.4 Å². The second kappa shape index (κ2) is 8.63. The summed E-state index contributed by atoms with van der Waals surface area (Å²) >= 11 is 0. The van der Waals surface area contributed by atoms with Crippen molar-refractivity contribution in [3.8, 4) is 0 Å². The number of benzene rings is 1. The highest BCUT2D eigenvalue weighted by Crippen LogP contribution is 2.34. The van der Waals surface area contributed by atoms with Gasteiger partial charge in [-0.3, -0.25) is 9.69 Å². The summed E-state index contributed by atoms with van der Waals surface area (Å²) in [6.45, 7) is 6.87. The molecular weight excluding hydrogens is 373 g/mol. The number of amides is 1. The van der Waals surface area contributed by atoms with Gasteiger partial charge in [0.25, 0.3) is 0 Å². The third kappa shape index (κ3) is 4.67. The van der Waals surface area contributed by atoms with Gasteiger partial charge < -0.3 is 14.1 Å². The molecule has 0 bridgehead atoms. The van der Waals surface area contributed by atoms with Crippen molar-refractivity contribution in [3.63, 3.8) is 0 Å². The molecule has 1 aromatic heterocycles. The molecule has 0 N–H and O–H groups in total. The average Bonchev–Trinajstić information content (AvgIpc) is 3.20. The Morgan fingerprint density at radius 3 is 2.83 bits per heavy atom. The fourth-order valence-electron chi connectivity index (χ4n) is 4.18. The first-order chi connectivity index (χ1) is 14.0. The van der Waals surface area contributed by atoms with E-state index in [0.29, 0.717) is 49.9 Å². The number of carbonyl (C=O) groups excluding carboxylic acids is 1. The van der Waals surface area contributed by atoms with Crippen molar-refractivity contribution >= 4 is 5.91 Å². The fourth-order valence-corrected chi connectivity index (χ4v) is 4.18. The zero-order valence-electron chi connectivity index (χ0n) is 16.9. The minimum Gasteiger partial charge on any atom is -0.445 e. The average molecular weight is 401 g/mol. The molecule has 0 saturated carbocycles. The van der Waals surface area contributed by atoms with E-state index in [1.807, 2.05) is 11.0 Å². The van der Waals surface area contributed by atoms with E-state index in [1.54, 1.807) is 18.3 Å². The van der Waals surface area contributed by atoms with Crippen molar-refractivity contribution in [3.05, 3.63) is 53.5 Å². The number of rotatable bonds is 5. The SMILES string of the molecule is C[C@@]1(c2ncc(Cc3ccccc3F)o2)CCCN(C(=O)CN2CCOCC2)C1. The van der Waals surface area contributed by atoms with Crippen molar-refractivity contribution in [2.75, 3.05) is 45.9 Å². The molecule has 2 fully saturated rings. The van der Waals surface area contributed by atoms with E-state index in [9.17, 15) is 9.18 Å². The number of nitrogens with zero attached hydrogens (tertiary/aromatic N) is 3. The normalized spacial score (nSPS) is 23.3.